The Bertz CT molecular complexity index is 666. The first-order valence-corrected chi connectivity index (χ1v) is 8.06. The lowest BCUT2D eigenvalue weighted by molar-refractivity contribution is 0.0939. The highest BCUT2D eigenvalue weighted by molar-refractivity contribution is 8.13. The molecule has 23 heavy (non-hydrogen) atoms. The average molecular weight is 328 g/mol. The maximum Gasteiger partial charge on any atom is 0.288 e. The molecule has 0 unspecified atom stereocenters. The SMILES string of the molecule is CC(C)(C)N=C(NNC(=O)c1ccccn1)Sc1ccccc1. The molecule has 2 N–H and O–H groups in total. The second kappa shape index (κ2) is 7.78. The first-order chi connectivity index (χ1) is 10.9. The van der Waals surface area contributed by atoms with Crippen molar-refractivity contribution >= 4 is 22.8 Å². The molecule has 0 aliphatic rings. The van der Waals surface area contributed by atoms with Crippen LogP contribution in [0.25, 0.3) is 0 Å². The Labute approximate surface area is 140 Å². The van der Waals surface area contributed by atoms with Crippen LogP contribution in [0.5, 0.6) is 0 Å². The first-order valence-electron chi connectivity index (χ1n) is 7.24. The lowest BCUT2D eigenvalue weighted by Crippen LogP contribution is -2.41. The third kappa shape index (κ3) is 6.12. The molecule has 0 atom stereocenters. The van der Waals surface area contributed by atoms with Gasteiger partial charge in [0.15, 0.2) is 5.17 Å². The molecule has 1 aromatic heterocycles. The maximum absolute atomic E-state index is 12.1. The molecule has 1 amide bonds. The van der Waals surface area contributed by atoms with E-state index in [1.165, 1.54) is 11.8 Å². The second-order valence-electron chi connectivity index (χ2n) is 5.80. The number of nitrogens with one attached hydrogen (secondary N) is 2. The third-order valence-electron chi connectivity index (χ3n) is 2.58. The molecule has 1 heterocycles. The standard InChI is InChI=1S/C17H20N4OS/c1-17(2,3)19-16(23-13-9-5-4-6-10-13)21-20-15(22)14-11-7-8-12-18-14/h4-12H,1-3H3,(H,19,21)(H,20,22). The van der Waals surface area contributed by atoms with Crippen LogP contribution in [0.15, 0.2) is 64.6 Å². The van der Waals surface area contributed by atoms with Crippen molar-refractivity contribution in [3.05, 3.63) is 60.4 Å². The van der Waals surface area contributed by atoms with Gasteiger partial charge >= 0.3 is 0 Å². The van der Waals surface area contributed by atoms with Gasteiger partial charge in [0.2, 0.25) is 0 Å². The second-order valence-corrected chi connectivity index (χ2v) is 6.86. The lowest BCUT2D eigenvalue weighted by Gasteiger charge is -2.17. The van der Waals surface area contributed by atoms with E-state index in [2.05, 4.69) is 20.8 Å². The van der Waals surface area contributed by atoms with Crippen molar-refractivity contribution in [2.24, 2.45) is 4.99 Å². The first kappa shape index (κ1) is 17.0. The zero-order valence-corrected chi connectivity index (χ0v) is 14.2. The van der Waals surface area contributed by atoms with Crippen LogP contribution >= 0.6 is 11.8 Å². The number of hydrazine groups is 1. The number of nitrogens with zero attached hydrogens (tertiary/aromatic N) is 2. The maximum atomic E-state index is 12.1. The van der Waals surface area contributed by atoms with E-state index in [-0.39, 0.29) is 11.4 Å². The molecule has 0 saturated heterocycles. The van der Waals surface area contributed by atoms with Crippen LogP contribution in [0.2, 0.25) is 0 Å². The summed E-state index contributed by atoms with van der Waals surface area (Å²) in [7, 11) is 0. The van der Waals surface area contributed by atoms with Crippen molar-refractivity contribution in [1.82, 2.24) is 15.8 Å². The fourth-order valence-electron chi connectivity index (χ4n) is 1.65. The number of benzene rings is 1. The zero-order chi connectivity index (χ0) is 16.7. The van der Waals surface area contributed by atoms with Gasteiger partial charge in [-0.05, 0) is 45.0 Å². The molecule has 1 aromatic carbocycles. The van der Waals surface area contributed by atoms with Crippen molar-refractivity contribution in [2.45, 2.75) is 31.2 Å². The fraction of sp³-hybridized carbons (Fsp3) is 0.235. The topological polar surface area (TPSA) is 66.4 Å². The van der Waals surface area contributed by atoms with Crippen molar-refractivity contribution in [2.75, 3.05) is 0 Å². The highest BCUT2D eigenvalue weighted by Crippen LogP contribution is 2.20. The number of pyridine rings is 1. The number of aliphatic imine (C=N–C) groups is 1. The summed E-state index contributed by atoms with van der Waals surface area (Å²) in [6.07, 6.45) is 1.58. The minimum atomic E-state index is -0.305. The van der Waals surface area contributed by atoms with Gasteiger partial charge < -0.3 is 0 Å². The van der Waals surface area contributed by atoms with Crippen LogP contribution in [-0.2, 0) is 0 Å². The van der Waals surface area contributed by atoms with Gasteiger partial charge in [-0.15, -0.1) is 0 Å². The number of aromatic nitrogens is 1. The molecule has 2 rings (SSSR count). The van der Waals surface area contributed by atoms with E-state index in [1.54, 1.807) is 24.4 Å². The summed E-state index contributed by atoms with van der Waals surface area (Å²) in [6.45, 7) is 6.00. The average Bonchev–Trinajstić information content (AvgIpc) is 2.53. The minimum absolute atomic E-state index is 0.264. The van der Waals surface area contributed by atoms with Crippen LogP contribution in [0, 0.1) is 0 Å². The largest absolute Gasteiger partial charge is 0.288 e. The van der Waals surface area contributed by atoms with E-state index in [9.17, 15) is 4.79 Å². The molecular formula is C17H20N4OS. The molecule has 0 aliphatic heterocycles. The Hall–Kier alpha value is -2.34. The molecule has 5 nitrogen and oxygen atoms in total. The summed E-state index contributed by atoms with van der Waals surface area (Å²) in [4.78, 5) is 21.7. The van der Waals surface area contributed by atoms with Crippen LogP contribution < -0.4 is 10.9 Å². The van der Waals surface area contributed by atoms with Gasteiger partial charge in [-0.1, -0.05) is 36.0 Å². The summed E-state index contributed by atoms with van der Waals surface area (Å²) < 4.78 is 0. The Morgan fingerprint density at radius 1 is 1.04 bits per heavy atom. The van der Waals surface area contributed by atoms with Crippen LogP contribution in [-0.4, -0.2) is 21.6 Å². The minimum Gasteiger partial charge on any atom is -0.276 e. The van der Waals surface area contributed by atoms with E-state index in [0.29, 0.717) is 10.9 Å². The number of thioether (sulfide) groups is 1. The van der Waals surface area contributed by atoms with Gasteiger partial charge in [-0.2, -0.15) is 0 Å². The van der Waals surface area contributed by atoms with E-state index < -0.39 is 0 Å². The van der Waals surface area contributed by atoms with E-state index in [4.69, 9.17) is 0 Å². The predicted octanol–water partition coefficient (Wildman–Crippen LogP) is 3.26. The van der Waals surface area contributed by atoms with Gasteiger partial charge in [0, 0.05) is 11.1 Å². The van der Waals surface area contributed by atoms with Crippen LogP contribution in [0.1, 0.15) is 31.3 Å². The fourth-order valence-corrected chi connectivity index (χ4v) is 2.59. The molecular weight excluding hydrogens is 308 g/mol. The van der Waals surface area contributed by atoms with Crippen LogP contribution in [0.3, 0.4) is 0 Å². The molecule has 0 spiro atoms. The van der Waals surface area contributed by atoms with E-state index in [0.717, 1.165) is 4.90 Å². The van der Waals surface area contributed by atoms with E-state index >= 15 is 0 Å². The number of carbonyl (C=O) groups excluding carboxylic acids is 1. The summed E-state index contributed by atoms with van der Waals surface area (Å²) in [6, 6.07) is 15.1. The van der Waals surface area contributed by atoms with Crippen LogP contribution in [0.4, 0.5) is 0 Å². The number of amidine groups is 1. The summed E-state index contributed by atoms with van der Waals surface area (Å²) in [5.41, 5.74) is 5.62. The number of hydrogen-bond donors (Lipinski definition) is 2. The van der Waals surface area contributed by atoms with Crippen molar-refractivity contribution in [3.8, 4) is 0 Å². The Balaban J connectivity index is 2.06. The highest BCUT2D eigenvalue weighted by Gasteiger charge is 2.13. The van der Waals surface area contributed by atoms with Gasteiger partial charge in [0.1, 0.15) is 5.69 Å². The molecule has 0 saturated carbocycles. The molecule has 6 heteroatoms. The zero-order valence-electron chi connectivity index (χ0n) is 13.4. The molecule has 0 fully saturated rings. The Morgan fingerprint density at radius 2 is 1.74 bits per heavy atom. The molecule has 0 aliphatic carbocycles. The number of hydrogen-bond acceptors (Lipinski definition) is 4. The van der Waals surface area contributed by atoms with Gasteiger partial charge in [-0.3, -0.25) is 25.6 Å². The van der Waals surface area contributed by atoms with E-state index in [1.807, 2.05) is 51.1 Å². The van der Waals surface area contributed by atoms with Crippen molar-refractivity contribution in [3.63, 3.8) is 0 Å². The predicted molar refractivity (Wildman–Crippen MR) is 94.3 cm³/mol. The molecule has 120 valence electrons. The normalized spacial score (nSPS) is 11.9. The number of rotatable bonds is 2. The van der Waals surface area contributed by atoms with Gasteiger partial charge in [0.05, 0.1) is 5.54 Å². The van der Waals surface area contributed by atoms with Gasteiger partial charge in [-0.25, -0.2) is 0 Å². The highest BCUT2D eigenvalue weighted by atomic mass is 32.2. The Morgan fingerprint density at radius 3 is 2.35 bits per heavy atom. The summed E-state index contributed by atoms with van der Waals surface area (Å²) in [5, 5.41) is 0.619. The molecule has 0 bridgehead atoms. The summed E-state index contributed by atoms with van der Waals surface area (Å²) >= 11 is 1.46. The smallest absolute Gasteiger partial charge is 0.276 e. The lowest BCUT2D eigenvalue weighted by atomic mass is 10.1. The quantitative estimate of drug-likeness (QED) is 0.384. The van der Waals surface area contributed by atoms with Crippen molar-refractivity contribution in [1.29, 1.82) is 0 Å². The monoisotopic (exact) mass is 328 g/mol. The number of carbonyl (C=O) groups is 1. The molecule has 0 radical (unpaired) electrons. The Kier molecular flexibility index (Phi) is 5.76. The summed E-state index contributed by atoms with van der Waals surface area (Å²) in [5.74, 6) is -0.305. The van der Waals surface area contributed by atoms with Gasteiger partial charge in [0.25, 0.3) is 5.91 Å². The molecule has 2 aromatic rings. The third-order valence-corrected chi connectivity index (χ3v) is 3.47. The van der Waals surface area contributed by atoms with Crippen molar-refractivity contribution < 1.29 is 4.79 Å². The number of amides is 1.